The van der Waals surface area contributed by atoms with Crippen LogP contribution in [-0.4, -0.2) is 15.6 Å². The molecule has 0 bridgehead atoms. The molecule has 0 spiro atoms. The highest BCUT2D eigenvalue weighted by Gasteiger charge is 2.14. The normalized spacial score (nSPS) is 12.6. The van der Waals surface area contributed by atoms with Crippen LogP contribution in [0, 0.1) is 0 Å². The maximum atomic E-state index is 12.0. The van der Waals surface area contributed by atoms with E-state index in [1.54, 1.807) is 6.07 Å². The number of carbonyl (C=O) groups excluding carboxylic acids is 1. The van der Waals surface area contributed by atoms with Gasteiger partial charge in [-0.25, -0.2) is 0 Å². The molecule has 0 aliphatic carbocycles. The van der Waals surface area contributed by atoms with Crippen LogP contribution in [0.15, 0.2) is 28.8 Å². The van der Waals surface area contributed by atoms with Crippen molar-refractivity contribution in [2.75, 3.05) is 0 Å². The number of Topliss-reactive ketones (excluding diaryl/α,β-unsaturated/α-hetero) is 1. The van der Waals surface area contributed by atoms with Crippen LogP contribution in [0.25, 0.3) is 0 Å². The smallest absolute Gasteiger partial charge is 0.203 e. The maximum Gasteiger partial charge on any atom is 0.203 e. The topological polar surface area (TPSA) is 48.0 Å². The summed E-state index contributed by atoms with van der Waals surface area (Å²) in [7, 11) is 0. The summed E-state index contributed by atoms with van der Waals surface area (Å²) in [4.78, 5) is 12.0. The molecule has 0 amide bonds. The Balaban J connectivity index is 2.04. The lowest BCUT2D eigenvalue weighted by Crippen LogP contribution is -2.07. The molecule has 2 aromatic heterocycles. The van der Waals surface area contributed by atoms with Crippen LogP contribution in [0.1, 0.15) is 55.2 Å². The van der Waals surface area contributed by atoms with Gasteiger partial charge >= 0.3 is 0 Å². The molecular weight excluding hydrogens is 240 g/mol. The minimum atomic E-state index is -0.0194. The van der Waals surface area contributed by atoms with Crippen molar-refractivity contribution in [2.24, 2.45) is 0 Å². The second kappa shape index (κ2) is 5.87. The highest BCUT2D eigenvalue weighted by atomic mass is 16.3. The third-order valence-corrected chi connectivity index (χ3v) is 3.33. The van der Waals surface area contributed by atoms with Crippen LogP contribution < -0.4 is 0 Å². The Hall–Kier alpha value is -1.84. The Labute approximate surface area is 113 Å². The standard InChI is InChI=1S/C15H20N2O2/c1-4-11(3)17-9-8-12(16-17)10-14(18)15-7-6-13(5-2)19-15/h6-9,11H,4-5,10H2,1-3H3. The first-order valence-corrected chi connectivity index (χ1v) is 6.80. The van der Waals surface area contributed by atoms with Crippen molar-refractivity contribution in [3.63, 3.8) is 0 Å². The summed E-state index contributed by atoms with van der Waals surface area (Å²) in [6.45, 7) is 6.23. The molecule has 0 radical (unpaired) electrons. The molecule has 4 heteroatoms. The minimum absolute atomic E-state index is 0.0194. The predicted molar refractivity (Wildman–Crippen MR) is 73.3 cm³/mol. The number of carbonyl (C=O) groups is 1. The maximum absolute atomic E-state index is 12.0. The van der Waals surface area contributed by atoms with E-state index >= 15 is 0 Å². The largest absolute Gasteiger partial charge is 0.458 e. The molecule has 0 aromatic carbocycles. The van der Waals surface area contributed by atoms with Gasteiger partial charge in [0.2, 0.25) is 5.78 Å². The molecule has 0 N–H and O–H groups in total. The van der Waals surface area contributed by atoms with Gasteiger partial charge in [0, 0.05) is 18.7 Å². The Bertz CT molecular complexity index is 554. The van der Waals surface area contributed by atoms with Crippen molar-refractivity contribution in [3.05, 3.63) is 41.6 Å². The minimum Gasteiger partial charge on any atom is -0.458 e. The van der Waals surface area contributed by atoms with Crippen molar-refractivity contribution in [1.82, 2.24) is 9.78 Å². The van der Waals surface area contributed by atoms with Crippen LogP contribution in [0.5, 0.6) is 0 Å². The summed E-state index contributed by atoms with van der Waals surface area (Å²) in [5.74, 6) is 1.25. The molecule has 0 aliphatic rings. The Morgan fingerprint density at radius 1 is 1.37 bits per heavy atom. The molecule has 1 unspecified atom stereocenters. The summed E-state index contributed by atoms with van der Waals surface area (Å²) in [5.41, 5.74) is 0.791. The number of ketones is 1. The number of nitrogens with zero attached hydrogens (tertiary/aromatic N) is 2. The van der Waals surface area contributed by atoms with E-state index in [1.807, 2.05) is 29.9 Å². The van der Waals surface area contributed by atoms with Gasteiger partial charge in [0.15, 0.2) is 5.76 Å². The molecule has 2 rings (SSSR count). The number of rotatable bonds is 6. The second-order valence-corrected chi connectivity index (χ2v) is 4.76. The van der Waals surface area contributed by atoms with Crippen LogP contribution >= 0.6 is 0 Å². The van der Waals surface area contributed by atoms with E-state index in [1.165, 1.54) is 0 Å². The highest BCUT2D eigenvalue weighted by Crippen LogP contribution is 2.13. The molecule has 102 valence electrons. The molecule has 0 saturated heterocycles. The summed E-state index contributed by atoms with van der Waals surface area (Å²) in [5, 5.41) is 4.43. The molecule has 2 aromatic rings. The van der Waals surface area contributed by atoms with Gasteiger partial charge in [-0.3, -0.25) is 9.48 Å². The fourth-order valence-electron chi connectivity index (χ4n) is 1.87. The first kappa shape index (κ1) is 13.6. The molecule has 0 saturated carbocycles. The van der Waals surface area contributed by atoms with Crippen molar-refractivity contribution < 1.29 is 9.21 Å². The summed E-state index contributed by atoms with van der Waals surface area (Å²) in [6.07, 6.45) is 4.04. The van der Waals surface area contributed by atoms with Gasteiger partial charge in [0.25, 0.3) is 0 Å². The fourth-order valence-corrected chi connectivity index (χ4v) is 1.87. The number of aromatic nitrogens is 2. The second-order valence-electron chi connectivity index (χ2n) is 4.76. The lowest BCUT2D eigenvalue weighted by molar-refractivity contribution is 0.0963. The first-order chi connectivity index (χ1) is 9.13. The van der Waals surface area contributed by atoms with Crippen molar-refractivity contribution >= 4 is 5.78 Å². The third kappa shape index (κ3) is 3.13. The molecule has 19 heavy (non-hydrogen) atoms. The molecule has 4 nitrogen and oxygen atoms in total. The van der Waals surface area contributed by atoms with E-state index in [0.717, 1.165) is 24.3 Å². The Kier molecular flexibility index (Phi) is 4.20. The zero-order valence-corrected chi connectivity index (χ0v) is 11.7. The van der Waals surface area contributed by atoms with Gasteiger partial charge in [-0.15, -0.1) is 0 Å². The monoisotopic (exact) mass is 260 g/mol. The molecule has 1 atom stereocenters. The van der Waals surface area contributed by atoms with Crippen LogP contribution in [0.4, 0.5) is 0 Å². The van der Waals surface area contributed by atoms with E-state index in [-0.39, 0.29) is 5.78 Å². The summed E-state index contributed by atoms with van der Waals surface area (Å²) >= 11 is 0. The fraction of sp³-hybridized carbons (Fsp3) is 0.467. The van der Waals surface area contributed by atoms with Gasteiger partial charge in [-0.1, -0.05) is 13.8 Å². The summed E-state index contributed by atoms with van der Waals surface area (Å²) < 4.78 is 7.36. The van der Waals surface area contributed by atoms with Crippen molar-refractivity contribution in [1.29, 1.82) is 0 Å². The van der Waals surface area contributed by atoms with Crippen LogP contribution in [0.2, 0.25) is 0 Å². The average molecular weight is 260 g/mol. The van der Waals surface area contributed by atoms with E-state index in [2.05, 4.69) is 18.9 Å². The van der Waals surface area contributed by atoms with E-state index < -0.39 is 0 Å². The SMILES string of the molecule is CCc1ccc(C(=O)Cc2ccn(C(C)CC)n2)o1. The first-order valence-electron chi connectivity index (χ1n) is 6.80. The number of aryl methyl sites for hydroxylation is 1. The zero-order valence-electron chi connectivity index (χ0n) is 11.7. The predicted octanol–water partition coefficient (Wildman–Crippen LogP) is 3.43. The highest BCUT2D eigenvalue weighted by molar-refractivity contribution is 5.94. The van der Waals surface area contributed by atoms with Gasteiger partial charge < -0.3 is 4.42 Å². The van der Waals surface area contributed by atoms with E-state index in [9.17, 15) is 4.79 Å². The quantitative estimate of drug-likeness (QED) is 0.747. The Morgan fingerprint density at radius 2 is 2.16 bits per heavy atom. The lowest BCUT2D eigenvalue weighted by Gasteiger charge is -2.07. The Morgan fingerprint density at radius 3 is 2.79 bits per heavy atom. The average Bonchev–Trinajstić information content (AvgIpc) is 3.06. The molecule has 0 fully saturated rings. The number of hydrogen-bond donors (Lipinski definition) is 0. The van der Waals surface area contributed by atoms with Crippen molar-refractivity contribution in [3.8, 4) is 0 Å². The van der Waals surface area contributed by atoms with E-state index in [0.29, 0.717) is 18.2 Å². The van der Waals surface area contributed by atoms with Crippen LogP contribution in [-0.2, 0) is 12.8 Å². The third-order valence-electron chi connectivity index (χ3n) is 3.33. The summed E-state index contributed by atoms with van der Waals surface area (Å²) in [6, 6.07) is 5.85. The molecule has 2 heterocycles. The number of hydrogen-bond acceptors (Lipinski definition) is 3. The lowest BCUT2D eigenvalue weighted by atomic mass is 10.2. The molecule has 0 aliphatic heterocycles. The van der Waals surface area contributed by atoms with Gasteiger partial charge in [-0.2, -0.15) is 5.10 Å². The van der Waals surface area contributed by atoms with Crippen molar-refractivity contribution in [2.45, 2.75) is 46.1 Å². The zero-order chi connectivity index (χ0) is 13.8. The van der Waals surface area contributed by atoms with E-state index in [4.69, 9.17) is 4.42 Å². The molecular formula is C15H20N2O2. The van der Waals surface area contributed by atoms with Gasteiger partial charge in [0.1, 0.15) is 5.76 Å². The van der Waals surface area contributed by atoms with Gasteiger partial charge in [0.05, 0.1) is 12.1 Å². The van der Waals surface area contributed by atoms with Crippen LogP contribution in [0.3, 0.4) is 0 Å². The van der Waals surface area contributed by atoms with Gasteiger partial charge in [-0.05, 0) is 31.5 Å². The number of furan rings is 1.